The molecule has 0 amide bonds. The number of aliphatic imine (C=N–C) groups is 1. The van der Waals surface area contributed by atoms with Crippen molar-refractivity contribution in [1.82, 2.24) is 4.90 Å². The molecule has 3 heteroatoms. The first-order valence-corrected chi connectivity index (χ1v) is 6.71. The Kier molecular flexibility index (Phi) is 5.64. The van der Waals surface area contributed by atoms with Crippen molar-refractivity contribution in [2.24, 2.45) is 16.6 Å². The molecule has 3 nitrogen and oxygen atoms in total. The number of nitrogens with zero attached hydrogens (tertiary/aromatic N) is 2. The number of nitrogens with two attached hydrogens (primary N) is 1. The summed E-state index contributed by atoms with van der Waals surface area (Å²) >= 11 is 0. The lowest BCUT2D eigenvalue weighted by Gasteiger charge is -2.26. The summed E-state index contributed by atoms with van der Waals surface area (Å²) in [6, 6.07) is 0.481. The van der Waals surface area contributed by atoms with Crippen molar-refractivity contribution in [3.8, 4) is 0 Å². The summed E-state index contributed by atoms with van der Waals surface area (Å²) in [4.78, 5) is 6.87. The van der Waals surface area contributed by atoms with Crippen LogP contribution in [0.4, 0.5) is 0 Å². The van der Waals surface area contributed by atoms with Gasteiger partial charge in [-0.3, -0.25) is 0 Å². The Bertz CT molecular complexity index is 217. The van der Waals surface area contributed by atoms with E-state index in [9.17, 15) is 0 Å². The van der Waals surface area contributed by atoms with Crippen molar-refractivity contribution in [2.75, 3.05) is 13.1 Å². The smallest absolute Gasteiger partial charge is 0.191 e. The van der Waals surface area contributed by atoms with Gasteiger partial charge in [0.1, 0.15) is 0 Å². The Balaban J connectivity index is 2.50. The van der Waals surface area contributed by atoms with Crippen molar-refractivity contribution in [3.63, 3.8) is 0 Å². The highest BCUT2D eigenvalue weighted by molar-refractivity contribution is 5.78. The van der Waals surface area contributed by atoms with Gasteiger partial charge in [-0.25, -0.2) is 4.99 Å². The summed E-state index contributed by atoms with van der Waals surface area (Å²) < 4.78 is 0. The summed E-state index contributed by atoms with van der Waals surface area (Å²) in [6.07, 6.45) is 6.45. The average Bonchev–Trinajstić information content (AvgIpc) is 2.26. The fourth-order valence-electron chi connectivity index (χ4n) is 2.30. The van der Waals surface area contributed by atoms with Gasteiger partial charge in [0, 0.05) is 13.1 Å². The minimum absolute atomic E-state index is 0.481. The van der Waals surface area contributed by atoms with E-state index in [1.807, 2.05) is 0 Å². The van der Waals surface area contributed by atoms with Gasteiger partial charge >= 0.3 is 0 Å². The van der Waals surface area contributed by atoms with E-state index in [1.165, 1.54) is 32.1 Å². The van der Waals surface area contributed by atoms with Crippen molar-refractivity contribution < 1.29 is 0 Å². The molecule has 1 fully saturated rings. The van der Waals surface area contributed by atoms with Crippen LogP contribution in [-0.2, 0) is 0 Å². The van der Waals surface area contributed by atoms with Crippen LogP contribution < -0.4 is 5.73 Å². The topological polar surface area (TPSA) is 41.6 Å². The molecule has 1 aliphatic rings. The highest BCUT2D eigenvalue weighted by atomic mass is 15.2. The van der Waals surface area contributed by atoms with E-state index in [2.05, 4.69) is 30.7 Å². The second kappa shape index (κ2) is 6.77. The van der Waals surface area contributed by atoms with Crippen LogP contribution in [0.3, 0.4) is 0 Å². The maximum Gasteiger partial charge on any atom is 0.191 e. The Hall–Kier alpha value is -0.730. The predicted molar refractivity (Wildman–Crippen MR) is 70.6 cm³/mol. The van der Waals surface area contributed by atoms with Crippen LogP contribution in [0.15, 0.2) is 4.99 Å². The number of hydrogen-bond acceptors (Lipinski definition) is 1. The van der Waals surface area contributed by atoms with Crippen LogP contribution in [0, 0.1) is 5.92 Å². The number of rotatable bonds is 4. The van der Waals surface area contributed by atoms with Gasteiger partial charge in [-0.15, -0.1) is 0 Å². The zero-order chi connectivity index (χ0) is 12.0. The van der Waals surface area contributed by atoms with E-state index in [-0.39, 0.29) is 0 Å². The highest BCUT2D eigenvalue weighted by Gasteiger charge is 2.14. The fraction of sp³-hybridized carbons (Fsp3) is 0.923. The normalized spacial score (nSPS) is 19.1. The van der Waals surface area contributed by atoms with Crippen LogP contribution in [0.2, 0.25) is 0 Å². The largest absolute Gasteiger partial charge is 0.370 e. The Morgan fingerprint density at radius 1 is 1.31 bits per heavy atom. The van der Waals surface area contributed by atoms with E-state index < -0.39 is 0 Å². The predicted octanol–water partition coefficient (Wildman–Crippen LogP) is 2.61. The molecular weight excluding hydrogens is 198 g/mol. The zero-order valence-electron chi connectivity index (χ0n) is 11.1. The van der Waals surface area contributed by atoms with Crippen molar-refractivity contribution in [3.05, 3.63) is 0 Å². The van der Waals surface area contributed by atoms with E-state index in [0.717, 1.165) is 19.0 Å². The molecule has 1 rings (SSSR count). The molecule has 0 atom stereocenters. The summed E-state index contributed by atoms with van der Waals surface area (Å²) in [6.45, 7) is 8.55. The molecule has 0 aliphatic heterocycles. The first kappa shape index (κ1) is 13.3. The SMILES string of the molecule is CCN(CC(C)C)C(N)=NC1CCCCC1. The summed E-state index contributed by atoms with van der Waals surface area (Å²) in [7, 11) is 0. The Morgan fingerprint density at radius 3 is 2.44 bits per heavy atom. The molecule has 16 heavy (non-hydrogen) atoms. The van der Waals surface area contributed by atoms with Crippen molar-refractivity contribution >= 4 is 5.96 Å². The third-order valence-corrected chi connectivity index (χ3v) is 3.18. The average molecular weight is 225 g/mol. The van der Waals surface area contributed by atoms with Crippen LogP contribution in [0.25, 0.3) is 0 Å². The third kappa shape index (κ3) is 4.42. The van der Waals surface area contributed by atoms with E-state index >= 15 is 0 Å². The van der Waals surface area contributed by atoms with Gasteiger partial charge in [-0.05, 0) is 25.7 Å². The molecule has 0 aromatic carbocycles. The summed E-state index contributed by atoms with van der Waals surface area (Å²) in [5, 5.41) is 0. The lowest BCUT2D eigenvalue weighted by molar-refractivity contribution is 0.368. The fourth-order valence-corrected chi connectivity index (χ4v) is 2.30. The van der Waals surface area contributed by atoms with Crippen LogP contribution in [0.1, 0.15) is 52.9 Å². The minimum atomic E-state index is 0.481. The molecule has 2 N–H and O–H groups in total. The van der Waals surface area contributed by atoms with Crippen molar-refractivity contribution in [1.29, 1.82) is 0 Å². The quantitative estimate of drug-likeness (QED) is 0.590. The van der Waals surface area contributed by atoms with Gasteiger partial charge in [-0.2, -0.15) is 0 Å². The van der Waals surface area contributed by atoms with Crippen LogP contribution >= 0.6 is 0 Å². The maximum absolute atomic E-state index is 6.08. The van der Waals surface area contributed by atoms with Crippen molar-refractivity contribution in [2.45, 2.75) is 58.9 Å². The molecule has 0 aromatic heterocycles. The van der Waals surface area contributed by atoms with Gasteiger partial charge in [0.25, 0.3) is 0 Å². The van der Waals surface area contributed by atoms with E-state index in [1.54, 1.807) is 0 Å². The summed E-state index contributed by atoms with van der Waals surface area (Å²) in [5.41, 5.74) is 6.08. The monoisotopic (exact) mass is 225 g/mol. The van der Waals surface area contributed by atoms with Gasteiger partial charge in [0.2, 0.25) is 0 Å². The Morgan fingerprint density at radius 2 is 1.94 bits per heavy atom. The molecular formula is C13H27N3. The standard InChI is InChI=1S/C13H27N3/c1-4-16(10-11(2)3)13(14)15-12-8-6-5-7-9-12/h11-12H,4-10H2,1-3H3,(H2,14,15). The molecule has 0 heterocycles. The van der Waals surface area contributed by atoms with Gasteiger partial charge in [-0.1, -0.05) is 33.1 Å². The lowest BCUT2D eigenvalue weighted by atomic mass is 9.96. The molecule has 94 valence electrons. The number of hydrogen-bond donors (Lipinski definition) is 1. The molecule has 0 saturated heterocycles. The van der Waals surface area contributed by atoms with E-state index in [0.29, 0.717) is 12.0 Å². The molecule has 0 spiro atoms. The maximum atomic E-state index is 6.08. The first-order chi connectivity index (χ1) is 7.63. The molecule has 0 unspecified atom stereocenters. The second-order valence-electron chi connectivity index (χ2n) is 5.21. The minimum Gasteiger partial charge on any atom is -0.370 e. The van der Waals surface area contributed by atoms with Crippen LogP contribution in [0.5, 0.6) is 0 Å². The van der Waals surface area contributed by atoms with Gasteiger partial charge in [0.15, 0.2) is 5.96 Å². The lowest BCUT2D eigenvalue weighted by Crippen LogP contribution is -2.40. The zero-order valence-corrected chi connectivity index (χ0v) is 11.1. The summed E-state index contributed by atoms with van der Waals surface area (Å²) in [5.74, 6) is 1.39. The first-order valence-electron chi connectivity index (χ1n) is 6.71. The molecule has 0 aromatic rings. The highest BCUT2D eigenvalue weighted by Crippen LogP contribution is 2.20. The number of guanidine groups is 1. The molecule has 0 bridgehead atoms. The van der Waals surface area contributed by atoms with Crippen LogP contribution in [-0.4, -0.2) is 30.0 Å². The second-order valence-corrected chi connectivity index (χ2v) is 5.21. The Labute approximate surface area is 100 Å². The molecule has 0 radical (unpaired) electrons. The third-order valence-electron chi connectivity index (χ3n) is 3.18. The van der Waals surface area contributed by atoms with Gasteiger partial charge < -0.3 is 10.6 Å². The van der Waals surface area contributed by atoms with E-state index in [4.69, 9.17) is 5.73 Å². The molecule has 1 saturated carbocycles. The van der Waals surface area contributed by atoms with Gasteiger partial charge in [0.05, 0.1) is 6.04 Å². The molecule has 1 aliphatic carbocycles.